The average molecular weight is 285 g/mol. The van der Waals surface area contributed by atoms with Gasteiger partial charge in [-0.25, -0.2) is 0 Å². The van der Waals surface area contributed by atoms with E-state index in [1.165, 1.54) is 10.6 Å². The molecule has 2 heterocycles. The lowest BCUT2D eigenvalue weighted by molar-refractivity contribution is 0.761. The van der Waals surface area contributed by atoms with E-state index in [0.717, 1.165) is 15.4 Å². The van der Waals surface area contributed by atoms with E-state index in [0.29, 0.717) is 5.37 Å². The van der Waals surface area contributed by atoms with Gasteiger partial charge >= 0.3 is 0 Å². The first-order valence-corrected chi connectivity index (χ1v) is 6.61. The molecule has 1 fully saturated rings. The molecule has 66 valence electrons. The second kappa shape index (κ2) is 3.88. The number of hydrogen-bond acceptors (Lipinski definition) is 3. The smallest absolute Gasteiger partial charge is 0.107 e. The fraction of sp³-hybridized carbons (Fsp3) is 0.429. The van der Waals surface area contributed by atoms with E-state index in [-0.39, 0.29) is 0 Å². The summed E-state index contributed by atoms with van der Waals surface area (Å²) in [7, 11) is 0. The fourth-order valence-corrected chi connectivity index (χ4v) is 4.08. The van der Waals surface area contributed by atoms with Crippen LogP contribution < -0.4 is 5.32 Å². The monoisotopic (exact) mass is 283 g/mol. The minimum atomic E-state index is 0.457. The first kappa shape index (κ1) is 9.34. The Hall–Kier alpha value is 0.780. The molecular weight excluding hydrogens is 278 g/mol. The lowest BCUT2D eigenvalue weighted by Crippen LogP contribution is -2.10. The first-order chi connectivity index (χ1) is 5.77. The van der Waals surface area contributed by atoms with Crippen LogP contribution in [0.5, 0.6) is 0 Å². The molecule has 0 aliphatic carbocycles. The number of rotatable bonds is 1. The summed E-state index contributed by atoms with van der Waals surface area (Å²) in [6.07, 6.45) is 0. The summed E-state index contributed by atoms with van der Waals surface area (Å²) in [5.74, 6) is 1.19. The highest BCUT2D eigenvalue weighted by Gasteiger charge is 2.19. The van der Waals surface area contributed by atoms with E-state index in [4.69, 9.17) is 11.6 Å². The topological polar surface area (TPSA) is 12.0 Å². The molecule has 1 unspecified atom stereocenters. The Kier molecular flexibility index (Phi) is 3.02. The quantitative estimate of drug-likeness (QED) is 0.847. The molecule has 0 amide bonds. The highest BCUT2D eigenvalue weighted by Crippen LogP contribution is 2.40. The fourth-order valence-electron chi connectivity index (χ4n) is 1.10. The lowest BCUT2D eigenvalue weighted by atomic mass is 10.4. The van der Waals surface area contributed by atoms with E-state index < -0.39 is 0 Å². The largest absolute Gasteiger partial charge is 0.300 e. The molecule has 1 nitrogen and oxygen atoms in total. The Morgan fingerprint density at radius 1 is 1.67 bits per heavy atom. The normalized spacial score (nSPS) is 23.3. The Morgan fingerprint density at radius 3 is 3.00 bits per heavy atom. The van der Waals surface area contributed by atoms with Gasteiger partial charge in [0.1, 0.15) is 4.34 Å². The number of hydrogen-bond donors (Lipinski definition) is 1. The minimum absolute atomic E-state index is 0.457. The summed E-state index contributed by atoms with van der Waals surface area (Å²) in [5.41, 5.74) is 0. The zero-order valence-corrected chi connectivity index (χ0v) is 10.1. The lowest BCUT2D eigenvalue weighted by Gasteiger charge is -2.04. The average Bonchev–Trinajstić information content (AvgIpc) is 2.61. The molecule has 0 spiro atoms. The molecule has 12 heavy (non-hydrogen) atoms. The third kappa shape index (κ3) is 1.82. The molecule has 1 aliphatic rings. The van der Waals surface area contributed by atoms with Crippen molar-refractivity contribution < 1.29 is 0 Å². The van der Waals surface area contributed by atoms with Gasteiger partial charge < -0.3 is 5.32 Å². The van der Waals surface area contributed by atoms with Gasteiger partial charge in [-0.1, -0.05) is 11.6 Å². The Morgan fingerprint density at radius 2 is 2.50 bits per heavy atom. The molecule has 1 saturated heterocycles. The number of thioether (sulfide) groups is 1. The standard InChI is InChI=1S/C7H7BrClNS2/c8-4-3-5(12-6(4)9)7-10-1-2-11-7/h3,7,10H,1-2H2. The van der Waals surface area contributed by atoms with Crippen LogP contribution in [0, 0.1) is 0 Å². The molecule has 1 atom stereocenters. The van der Waals surface area contributed by atoms with Gasteiger partial charge in [-0.15, -0.1) is 23.1 Å². The molecule has 0 aromatic carbocycles. The zero-order valence-electron chi connectivity index (χ0n) is 6.14. The van der Waals surface area contributed by atoms with Crippen molar-refractivity contribution in [3.05, 3.63) is 19.8 Å². The van der Waals surface area contributed by atoms with Crippen molar-refractivity contribution >= 4 is 50.6 Å². The maximum absolute atomic E-state index is 5.94. The molecule has 1 aromatic rings. The highest BCUT2D eigenvalue weighted by molar-refractivity contribution is 9.10. The van der Waals surface area contributed by atoms with E-state index in [9.17, 15) is 0 Å². The van der Waals surface area contributed by atoms with Crippen molar-refractivity contribution in [1.29, 1.82) is 0 Å². The van der Waals surface area contributed by atoms with Crippen molar-refractivity contribution in [3.63, 3.8) is 0 Å². The maximum Gasteiger partial charge on any atom is 0.107 e. The molecule has 5 heteroatoms. The number of nitrogens with one attached hydrogen (secondary N) is 1. The molecule has 2 rings (SSSR count). The van der Waals surface area contributed by atoms with Crippen molar-refractivity contribution in [3.8, 4) is 0 Å². The van der Waals surface area contributed by atoms with E-state index >= 15 is 0 Å². The third-order valence-corrected chi connectivity index (χ3v) is 5.52. The third-order valence-electron chi connectivity index (χ3n) is 1.64. The van der Waals surface area contributed by atoms with E-state index in [1.807, 2.05) is 11.8 Å². The summed E-state index contributed by atoms with van der Waals surface area (Å²) in [5, 5.41) is 3.86. The second-order valence-electron chi connectivity index (χ2n) is 2.48. The number of halogens is 2. The zero-order chi connectivity index (χ0) is 8.55. The van der Waals surface area contributed by atoms with Gasteiger partial charge in [0.25, 0.3) is 0 Å². The van der Waals surface area contributed by atoms with Crippen molar-refractivity contribution in [2.45, 2.75) is 5.37 Å². The van der Waals surface area contributed by atoms with Crippen LogP contribution in [0.15, 0.2) is 10.5 Å². The second-order valence-corrected chi connectivity index (χ2v) is 6.23. The predicted octanol–water partition coefficient (Wildman–Crippen LogP) is 3.50. The van der Waals surface area contributed by atoms with Gasteiger partial charge in [-0.3, -0.25) is 0 Å². The maximum atomic E-state index is 5.94. The van der Waals surface area contributed by atoms with Gasteiger partial charge in [0.2, 0.25) is 0 Å². The molecule has 1 aliphatic heterocycles. The van der Waals surface area contributed by atoms with Gasteiger partial charge in [0.15, 0.2) is 0 Å². The molecular formula is C7H7BrClNS2. The van der Waals surface area contributed by atoms with Crippen LogP contribution >= 0.6 is 50.6 Å². The van der Waals surface area contributed by atoms with E-state index in [2.05, 4.69) is 27.3 Å². The van der Waals surface area contributed by atoms with Crippen molar-refractivity contribution in [2.24, 2.45) is 0 Å². The molecule has 0 saturated carbocycles. The summed E-state index contributed by atoms with van der Waals surface area (Å²) in [6, 6.07) is 2.10. The van der Waals surface area contributed by atoms with Crippen LogP contribution in [0.2, 0.25) is 4.34 Å². The summed E-state index contributed by atoms with van der Waals surface area (Å²) in [4.78, 5) is 1.31. The van der Waals surface area contributed by atoms with Gasteiger partial charge in [-0.2, -0.15) is 0 Å². The summed E-state index contributed by atoms with van der Waals surface area (Å²) < 4.78 is 1.86. The Labute approximate surface area is 93.0 Å². The predicted molar refractivity (Wildman–Crippen MR) is 60.2 cm³/mol. The van der Waals surface area contributed by atoms with Crippen LogP contribution in [0.1, 0.15) is 10.3 Å². The molecule has 1 N–H and O–H groups in total. The summed E-state index contributed by atoms with van der Waals surface area (Å²) >= 11 is 12.9. The minimum Gasteiger partial charge on any atom is -0.300 e. The highest BCUT2D eigenvalue weighted by atomic mass is 79.9. The van der Waals surface area contributed by atoms with E-state index in [1.54, 1.807) is 11.3 Å². The van der Waals surface area contributed by atoms with Crippen LogP contribution in [-0.4, -0.2) is 12.3 Å². The van der Waals surface area contributed by atoms with Gasteiger partial charge in [0, 0.05) is 21.6 Å². The van der Waals surface area contributed by atoms with Crippen molar-refractivity contribution in [1.82, 2.24) is 5.32 Å². The summed E-state index contributed by atoms with van der Waals surface area (Å²) in [6.45, 7) is 1.10. The SMILES string of the molecule is Clc1sc(C2NCCS2)cc1Br. The Balaban J connectivity index is 2.21. The van der Waals surface area contributed by atoms with Crippen LogP contribution in [0.4, 0.5) is 0 Å². The van der Waals surface area contributed by atoms with Crippen LogP contribution in [-0.2, 0) is 0 Å². The van der Waals surface area contributed by atoms with Crippen LogP contribution in [0.3, 0.4) is 0 Å². The Bertz CT molecular complexity index is 263. The van der Waals surface area contributed by atoms with Crippen molar-refractivity contribution in [2.75, 3.05) is 12.3 Å². The van der Waals surface area contributed by atoms with Gasteiger partial charge in [-0.05, 0) is 22.0 Å². The molecule has 0 bridgehead atoms. The first-order valence-electron chi connectivity index (χ1n) is 3.57. The van der Waals surface area contributed by atoms with Crippen LogP contribution in [0.25, 0.3) is 0 Å². The molecule has 0 radical (unpaired) electrons. The van der Waals surface area contributed by atoms with Gasteiger partial charge in [0.05, 0.1) is 5.37 Å². The number of thiophene rings is 1. The molecule has 1 aromatic heterocycles.